The third-order valence-corrected chi connectivity index (χ3v) is 2.64. The molecule has 1 heterocycles. The Labute approximate surface area is 114 Å². The van der Waals surface area contributed by atoms with Crippen LogP contribution in [0.2, 0.25) is 10.2 Å². The van der Waals surface area contributed by atoms with E-state index in [0.717, 1.165) is 4.90 Å². The zero-order valence-corrected chi connectivity index (χ0v) is 11.0. The van der Waals surface area contributed by atoms with Gasteiger partial charge in [-0.15, -0.1) is 0 Å². The number of carbonyl (C=O) groups is 2. The Bertz CT molecular complexity index is 468. The molecular formula is C10H11Cl2N3O3. The number of pyridine rings is 1. The van der Waals surface area contributed by atoms with Gasteiger partial charge in [0, 0.05) is 26.3 Å². The Morgan fingerprint density at radius 2 is 2.17 bits per heavy atom. The van der Waals surface area contributed by atoms with Crippen LogP contribution in [0.3, 0.4) is 0 Å². The summed E-state index contributed by atoms with van der Waals surface area (Å²) in [6, 6.07) is 1.36. The first-order valence-electron chi connectivity index (χ1n) is 4.95. The Morgan fingerprint density at radius 3 is 2.72 bits per heavy atom. The Kier molecular flexibility index (Phi) is 5.18. The molecule has 0 spiro atoms. The maximum Gasteiger partial charge on any atom is 0.407 e. The minimum Gasteiger partial charge on any atom is -0.465 e. The van der Waals surface area contributed by atoms with Gasteiger partial charge in [-0.3, -0.25) is 4.79 Å². The molecule has 1 aromatic rings. The van der Waals surface area contributed by atoms with Gasteiger partial charge in [0.25, 0.3) is 5.91 Å². The van der Waals surface area contributed by atoms with Gasteiger partial charge in [-0.25, -0.2) is 9.78 Å². The highest BCUT2D eigenvalue weighted by molar-refractivity contribution is 6.36. The van der Waals surface area contributed by atoms with Gasteiger partial charge in [-0.1, -0.05) is 23.2 Å². The fourth-order valence-corrected chi connectivity index (χ4v) is 1.55. The lowest BCUT2D eigenvalue weighted by atomic mass is 10.2. The third kappa shape index (κ3) is 4.05. The SMILES string of the molecule is CN(CCNC(=O)c1cnc(Cl)cc1Cl)C(=O)O. The number of nitrogens with one attached hydrogen (secondary N) is 1. The maximum absolute atomic E-state index is 11.7. The van der Waals surface area contributed by atoms with E-state index in [2.05, 4.69) is 10.3 Å². The second kappa shape index (κ2) is 6.42. The lowest BCUT2D eigenvalue weighted by molar-refractivity contribution is 0.0946. The van der Waals surface area contributed by atoms with Gasteiger partial charge < -0.3 is 15.3 Å². The van der Waals surface area contributed by atoms with Crippen LogP contribution in [0, 0.1) is 0 Å². The minimum atomic E-state index is -1.06. The van der Waals surface area contributed by atoms with Crippen LogP contribution in [0.4, 0.5) is 4.79 Å². The number of aromatic nitrogens is 1. The minimum absolute atomic E-state index is 0.180. The summed E-state index contributed by atoms with van der Waals surface area (Å²) >= 11 is 11.4. The summed E-state index contributed by atoms with van der Waals surface area (Å²) in [6.45, 7) is 0.361. The topological polar surface area (TPSA) is 82.5 Å². The molecule has 8 heteroatoms. The van der Waals surface area contributed by atoms with E-state index in [1.165, 1.54) is 19.3 Å². The highest BCUT2D eigenvalue weighted by atomic mass is 35.5. The fourth-order valence-electron chi connectivity index (χ4n) is 1.10. The van der Waals surface area contributed by atoms with E-state index in [-0.39, 0.29) is 28.8 Å². The number of halogens is 2. The summed E-state index contributed by atoms with van der Waals surface area (Å²) in [7, 11) is 1.41. The standard InChI is InChI=1S/C10H11Cl2N3O3/c1-15(10(17)18)3-2-13-9(16)6-5-14-8(12)4-7(6)11/h4-5H,2-3H2,1H3,(H,13,16)(H,17,18). The molecule has 0 aliphatic rings. The summed E-state index contributed by atoms with van der Waals surface area (Å²) < 4.78 is 0. The van der Waals surface area contributed by atoms with Crippen molar-refractivity contribution < 1.29 is 14.7 Å². The quantitative estimate of drug-likeness (QED) is 0.828. The van der Waals surface area contributed by atoms with E-state index in [9.17, 15) is 9.59 Å². The molecular weight excluding hydrogens is 281 g/mol. The Balaban J connectivity index is 2.53. The second-order valence-corrected chi connectivity index (χ2v) is 4.24. The number of carboxylic acid groups (broad SMARTS) is 1. The normalized spacial score (nSPS) is 9.94. The smallest absolute Gasteiger partial charge is 0.407 e. The number of nitrogens with zero attached hydrogens (tertiary/aromatic N) is 2. The van der Waals surface area contributed by atoms with E-state index in [4.69, 9.17) is 28.3 Å². The molecule has 18 heavy (non-hydrogen) atoms. The number of likely N-dealkylation sites (N-methyl/N-ethyl adjacent to an activating group) is 1. The van der Waals surface area contributed by atoms with E-state index < -0.39 is 12.0 Å². The van der Waals surface area contributed by atoms with Gasteiger partial charge in [-0.05, 0) is 6.07 Å². The molecule has 0 bridgehead atoms. The zero-order valence-electron chi connectivity index (χ0n) is 9.48. The Hall–Kier alpha value is -1.53. The molecule has 0 saturated carbocycles. The van der Waals surface area contributed by atoms with Crippen LogP contribution in [0.5, 0.6) is 0 Å². The van der Waals surface area contributed by atoms with Crippen LogP contribution < -0.4 is 5.32 Å². The van der Waals surface area contributed by atoms with Crippen LogP contribution in [-0.4, -0.2) is 47.1 Å². The lowest BCUT2D eigenvalue weighted by Crippen LogP contribution is -2.35. The monoisotopic (exact) mass is 291 g/mol. The lowest BCUT2D eigenvalue weighted by Gasteiger charge is -2.13. The van der Waals surface area contributed by atoms with Crippen LogP contribution in [0.15, 0.2) is 12.3 Å². The molecule has 0 saturated heterocycles. The van der Waals surface area contributed by atoms with Crippen molar-refractivity contribution in [3.05, 3.63) is 28.0 Å². The molecule has 0 aromatic carbocycles. The first kappa shape index (κ1) is 14.5. The van der Waals surface area contributed by atoms with Gasteiger partial charge >= 0.3 is 6.09 Å². The fraction of sp³-hybridized carbons (Fsp3) is 0.300. The number of hydrogen-bond acceptors (Lipinski definition) is 3. The van der Waals surface area contributed by atoms with E-state index in [0.29, 0.717) is 0 Å². The molecule has 98 valence electrons. The maximum atomic E-state index is 11.7. The first-order valence-corrected chi connectivity index (χ1v) is 5.70. The molecule has 1 aromatic heterocycles. The molecule has 0 atom stereocenters. The second-order valence-electron chi connectivity index (χ2n) is 3.45. The van der Waals surface area contributed by atoms with E-state index in [1.807, 2.05) is 0 Å². The molecule has 1 rings (SSSR count). The van der Waals surface area contributed by atoms with Crippen molar-refractivity contribution in [2.45, 2.75) is 0 Å². The highest BCUT2D eigenvalue weighted by Gasteiger charge is 2.12. The third-order valence-electron chi connectivity index (χ3n) is 2.12. The summed E-state index contributed by atoms with van der Waals surface area (Å²) in [5.41, 5.74) is 0.194. The van der Waals surface area contributed by atoms with Crippen molar-refractivity contribution in [2.24, 2.45) is 0 Å². The molecule has 0 fully saturated rings. The zero-order chi connectivity index (χ0) is 13.7. The summed E-state index contributed by atoms with van der Waals surface area (Å²) in [6.07, 6.45) is 0.205. The molecule has 0 aliphatic heterocycles. The van der Waals surface area contributed by atoms with Crippen molar-refractivity contribution in [1.29, 1.82) is 0 Å². The Morgan fingerprint density at radius 1 is 1.50 bits per heavy atom. The van der Waals surface area contributed by atoms with Gasteiger partial charge in [0.05, 0.1) is 10.6 Å². The predicted octanol–water partition coefficient (Wildman–Crippen LogP) is 1.73. The predicted molar refractivity (Wildman–Crippen MR) is 67.2 cm³/mol. The molecule has 0 aliphatic carbocycles. The summed E-state index contributed by atoms with van der Waals surface area (Å²) in [4.78, 5) is 27.0. The van der Waals surface area contributed by atoms with Gasteiger partial charge in [0.1, 0.15) is 5.15 Å². The van der Waals surface area contributed by atoms with Gasteiger partial charge in [0.15, 0.2) is 0 Å². The first-order chi connectivity index (χ1) is 8.41. The van der Waals surface area contributed by atoms with Crippen LogP contribution in [0.25, 0.3) is 0 Å². The average Bonchev–Trinajstić information content (AvgIpc) is 2.28. The van der Waals surface area contributed by atoms with E-state index >= 15 is 0 Å². The van der Waals surface area contributed by atoms with Gasteiger partial charge in [0.2, 0.25) is 0 Å². The number of rotatable bonds is 4. The molecule has 2 amide bonds. The molecule has 2 N–H and O–H groups in total. The van der Waals surface area contributed by atoms with Crippen molar-refractivity contribution in [1.82, 2.24) is 15.2 Å². The average molecular weight is 292 g/mol. The van der Waals surface area contributed by atoms with Crippen molar-refractivity contribution >= 4 is 35.2 Å². The van der Waals surface area contributed by atoms with Crippen molar-refractivity contribution in [3.8, 4) is 0 Å². The van der Waals surface area contributed by atoms with Crippen LogP contribution in [-0.2, 0) is 0 Å². The summed E-state index contributed by atoms with van der Waals surface area (Å²) in [5, 5.41) is 11.5. The molecule has 0 radical (unpaired) electrons. The van der Waals surface area contributed by atoms with Crippen molar-refractivity contribution in [2.75, 3.05) is 20.1 Å². The molecule has 0 unspecified atom stereocenters. The van der Waals surface area contributed by atoms with Crippen LogP contribution in [0.1, 0.15) is 10.4 Å². The molecule has 6 nitrogen and oxygen atoms in total. The number of amides is 2. The van der Waals surface area contributed by atoms with E-state index in [1.54, 1.807) is 0 Å². The van der Waals surface area contributed by atoms with Crippen LogP contribution >= 0.6 is 23.2 Å². The van der Waals surface area contributed by atoms with Gasteiger partial charge in [-0.2, -0.15) is 0 Å². The number of hydrogen-bond donors (Lipinski definition) is 2. The largest absolute Gasteiger partial charge is 0.465 e. The number of carbonyl (C=O) groups excluding carboxylic acids is 1. The summed E-state index contributed by atoms with van der Waals surface area (Å²) in [5.74, 6) is -0.428. The highest BCUT2D eigenvalue weighted by Crippen LogP contribution is 2.18. The van der Waals surface area contributed by atoms with Crippen molar-refractivity contribution in [3.63, 3.8) is 0 Å².